The van der Waals surface area contributed by atoms with Crippen LogP contribution >= 0.6 is 0 Å². The molecule has 1 saturated carbocycles. The molecule has 1 aliphatic carbocycles. The van der Waals surface area contributed by atoms with E-state index < -0.39 is 0 Å². The number of hydrogen-bond donors (Lipinski definition) is 0. The van der Waals surface area contributed by atoms with E-state index in [2.05, 4.69) is 23.6 Å². The van der Waals surface area contributed by atoms with Crippen LogP contribution in [0.25, 0.3) is 0 Å². The largest absolute Gasteiger partial charge is 0.298 e. The quantitative estimate of drug-likeness (QED) is 0.727. The van der Waals surface area contributed by atoms with Crippen molar-refractivity contribution in [3.8, 4) is 0 Å². The van der Waals surface area contributed by atoms with Crippen LogP contribution in [0.5, 0.6) is 0 Å². The Morgan fingerprint density at radius 3 is 2.53 bits per heavy atom. The minimum Gasteiger partial charge on any atom is -0.298 e. The van der Waals surface area contributed by atoms with Gasteiger partial charge in [0.1, 0.15) is 0 Å². The zero-order chi connectivity index (χ0) is 11.8. The molecule has 3 atom stereocenters. The van der Waals surface area contributed by atoms with E-state index in [0.29, 0.717) is 0 Å². The van der Waals surface area contributed by atoms with Gasteiger partial charge in [-0.1, -0.05) is 12.8 Å². The van der Waals surface area contributed by atoms with Gasteiger partial charge in [-0.15, -0.1) is 0 Å². The van der Waals surface area contributed by atoms with Crippen LogP contribution in [0.2, 0.25) is 0 Å². The lowest BCUT2D eigenvalue weighted by Crippen LogP contribution is -2.58. The third-order valence-electron chi connectivity index (χ3n) is 5.59. The molecule has 0 amide bonds. The highest BCUT2D eigenvalue weighted by Gasteiger charge is 2.38. The van der Waals surface area contributed by atoms with Gasteiger partial charge in [-0.25, -0.2) is 0 Å². The molecule has 2 nitrogen and oxygen atoms in total. The highest BCUT2D eigenvalue weighted by Crippen LogP contribution is 2.33. The van der Waals surface area contributed by atoms with E-state index in [4.69, 9.17) is 0 Å². The molecule has 98 valence electrons. The fourth-order valence-electron chi connectivity index (χ4n) is 4.49. The fourth-order valence-corrected chi connectivity index (χ4v) is 4.49. The molecule has 0 spiro atoms. The summed E-state index contributed by atoms with van der Waals surface area (Å²) >= 11 is 0. The molecule has 2 saturated heterocycles. The van der Waals surface area contributed by atoms with Crippen molar-refractivity contribution in [3.63, 3.8) is 0 Å². The standard InChI is InChI=1S/C15H28N2/c1-12-10-16-9-5-8-15(16)11-17(12)13(2)14-6-3-4-7-14/h12-15H,3-11H2,1-2H3. The lowest BCUT2D eigenvalue weighted by Gasteiger charge is -2.46. The monoisotopic (exact) mass is 236 g/mol. The van der Waals surface area contributed by atoms with Gasteiger partial charge in [-0.2, -0.15) is 0 Å². The normalized spacial score (nSPS) is 38.5. The van der Waals surface area contributed by atoms with Crippen LogP contribution in [-0.4, -0.2) is 47.6 Å². The highest BCUT2D eigenvalue weighted by atomic mass is 15.3. The molecule has 3 aliphatic rings. The summed E-state index contributed by atoms with van der Waals surface area (Å²) in [5.41, 5.74) is 0. The van der Waals surface area contributed by atoms with Crippen molar-refractivity contribution in [2.75, 3.05) is 19.6 Å². The second kappa shape index (κ2) is 4.89. The number of rotatable bonds is 2. The van der Waals surface area contributed by atoms with Crippen LogP contribution in [-0.2, 0) is 0 Å². The lowest BCUT2D eigenvalue weighted by molar-refractivity contribution is 0.0153. The summed E-state index contributed by atoms with van der Waals surface area (Å²) in [4.78, 5) is 5.57. The van der Waals surface area contributed by atoms with Crippen LogP contribution in [0, 0.1) is 5.92 Å². The summed E-state index contributed by atoms with van der Waals surface area (Å²) in [6, 6.07) is 2.49. The summed E-state index contributed by atoms with van der Waals surface area (Å²) in [5.74, 6) is 0.991. The molecule has 0 aromatic rings. The van der Waals surface area contributed by atoms with Gasteiger partial charge >= 0.3 is 0 Å². The first-order valence-corrected chi connectivity index (χ1v) is 7.75. The molecule has 3 unspecified atom stereocenters. The lowest BCUT2D eigenvalue weighted by atomic mass is 9.95. The summed E-state index contributed by atoms with van der Waals surface area (Å²) in [7, 11) is 0. The average Bonchev–Trinajstić information content (AvgIpc) is 2.97. The third kappa shape index (κ3) is 2.26. The smallest absolute Gasteiger partial charge is 0.0224 e. The molecule has 3 rings (SSSR count). The molecule has 0 N–H and O–H groups in total. The second-order valence-electron chi connectivity index (χ2n) is 6.62. The Kier molecular flexibility index (Phi) is 3.45. The van der Waals surface area contributed by atoms with E-state index in [-0.39, 0.29) is 0 Å². The van der Waals surface area contributed by atoms with Gasteiger partial charge in [-0.05, 0) is 52.0 Å². The second-order valence-corrected chi connectivity index (χ2v) is 6.62. The number of nitrogens with zero attached hydrogens (tertiary/aromatic N) is 2. The first-order valence-electron chi connectivity index (χ1n) is 7.75. The zero-order valence-electron chi connectivity index (χ0n) is 11.6. The van der Waals surface area contributed by atoms with Crippen molar-refractivity contribution < 1.29 is 0 Å². The predicted molar refractivity (Wildman–Crippen MR) is 72.2 cm³/mol. The van der Waals surface area contributed by atoms with Crippen LogP contribution in [0.3, 0.4) is 0 Å². The molecule has 2 aliphatic heterocycles. The van der Waals surface area contributed by atoms with Gasteiger partial charge in [0, 0.05) is 31.2 Å². The molecular formula is C15H28N2. The van der Waals surface area contributed by atoms with Gasteiger partial charge in [0.05, 0.1) is 0 Å². The summed E-state index contributed by atoms with van der Waals surface area (Å²) in [6.07, 6.45) is 8.81. The molecule has 0 radical (unpaired) electrons. The van der Waals surface area contributed by atoms with E-state index in [1.54, 1.807) is 0 Å². The Morgan fingerprint density at radius 2 is 1.76 bits per heavy atom. The molecule has 2 heteroatoms. The zero-order valence-corrected chi connectivity index (χ0v) is 11.6. The minimum absolute atomic E-state index is 0.778. The van der Waals surface area contributed by atoms with Gasteiger partial charge in [0.2, 0.25) is 0 Å². The summed E-state index contributed by atoms with van der Waals surface area (Å²) in [6.45, 7) is 8.97. The van der Waals surface area contributed by atoms with Crippen molar-refractivity contribution in [2.45, 2.75) is 70.5 Å². The van der Waals surface area contributed by atoms with E-state index in [1.165, 1.54) is 58.2 Å². The topological polar surface area (TPSA) is 6.48 Å². The SMILES string of the molecule is CC1CN2CCCC2CN1C(C)C1CCCC1. The molecule has 3 fully saturated rings. The average molecular weight is 236 g/mol. The maximum absolute atomic E-state index is 2.84. The van der Waals surface area contributed by atoms with E-state index >= 15 is 0 Å². The van der Waals surface area contributed by atoms with Crippen LogP contribution < -0.4 is 0 Å². The van der Waals surface area contributed by atoms with Gasteiger partial charge < -0.3 is 0 Å². The van der Waals surface area contributed by atoms with Crippen molar-refractivity contribution in [1.82, 2.24) is 9.80 Å². The predicted octanol–water partition coefficient (Wildman–Crippen LogP) is 2.73. The molecule has 0 bridgehead atoms. The first kappa shape index (κ1) is 12.0. The number of piperazine rings is 1. The summed E-state index contributed by atoms with van der Waals surface area (Å²) in [5, 5.41) is 0. The van der Waals surface area contributed by atoms with E-state index in [1.807, 2.05) is 0 Å². The molecule has 2 heterocycles. The minimum atomic E-state index is 0.778. The van der Waals surface area contributed by atoms with E-state index in [0.717, 1.165) is 24.0 Å². The van der Waals surface area contributed by atoms with Crippen molar-refractivity contribution in [1.29, 1.82) is 0 Å². The Bertz CT molecular complexity index is 260. The Balaban J connectivity index is 1.65. The van der Waals surface area contributed by atoms with Crippen LogP contribution in [0.1, 0.15) is 52.4 Å². The Labute approximate surface area is 106 Å². The third-order valence-corrected chi connectivity index (χ3v) is 5.59. The maximum atomic E-state index is 2.84. The molecule has 17 heavy (non-hydrogen) atoms. The van der Waals surface area contributed by atoms with Crippen LogP contribution in [0.4, 0.5) is 0 Å². The Hall–Kier alpha value is -0.0800. The highest BCUT2D eigenvalue weighted by molar-refractivity contribution is 4.94. The molecular weight excluding hydrogens is 208 g/mol. The first-order chi connectivity index (χ1) is 8.25. The van der Waals surface area contributed by atoms with E-state index in [9.17, 15) is 0 Å². The maximum Gasteiger partial charge on any atom is 0.0224 e. The van der Waals surface area contributed by atoms with Gasteiger partial charge in [-0.3, -0.25) is 9.80 Å². The van der Waals surface area contributed by atoms with Crippen molar-refractivity contribution in [2.24, 2.45) is 5.92 Å². The Morgan fingerprint density at radius 1 is 1.00 bits per heavy atom. The van der Waals surface area contributed by atoms with Crippen molar-refractivity contribution in [3.05, 3.63) is 0 Å². The summed E-state index contributed by atoms with van der Waals surface area (Å²) < 4.78 is 0. The van der Waals surface area contributed by atoms with Gasteiger partial charge in [0.25, 0.3) is 0 Å². The number of fused-ring (bicyclic) bond motifs is 1. The molecule has 0 aromatic heterocycles. The van der Waals surface area contributed by atoms with Crippen molar-refractivity contribution >= 4 is 0 Å². The van der Waals surface area contributed by atoms with Crippen LogP contribution in [0.15, 0.2) is 0 Å². The van der Waals surface area contributed by atoms with Gasteiger partial charge in [0.15, 0.2) is 0 Å². The fraction of sp³-hybridized carbons (Fsp3) is 1.00. The molecule has 0 aromatic carbocycles. The number of hydrogen-bond acceptors (Lipinski definition) is 2.